The Morgan fingerprint density at radius 2 is 1.00 bits per heavy atom. The Labute approximate surface area is 192 Å². The molecule has 0 aromatic heterocycles. The summed E-state index contributed by atoms with van der Waals surface area (Å²) in [4.78, 5) is 46.2. The molecule has 6 N–H and O–H groups in total. The van der Waals surface area contributed by atoms with E-state index < -0.39 is 34.5 Å². The summed E-state index contributed by atoms with van der Waals surface area (Å²) < 4.78 is 0. The van der Waals surface area contributed by atoms with Crippen molar-refractivity contribution in [2.24, 2.45) is 0 Å². The number of rotatable bonds is 12. The fourth-order valence-corrected chi connectivity index (χ4v) is 3.99. The predicted molar refractivity (Wildman–Crippen MR) is 121 cm³/mol. The number of hydrogen-bond donors (Lipinski definition) is 6. The van der Waals surface area contributed by atoms with E-state index in [2.05, 4.69) is 21.7 Å². The highest BCUT2D eigenvalue weighted by atomic mass is 32.2. The van der Waals surface area contributed by atoms with Crippen molar-refractivity contribution < 1.29 is 29.4 Å². The van der Waals surface area contributed by atoms with E-state index >= 15 is 0 Å². The quantitative estimate of drug-likeness (QED) is 0.149. The van der Waals surface area contributed by atoms with Gasteiger partial charge in [0.15, 0.2) is 0 Å². The molecule has 10 nitrogen and oxygen atoms in total. The summed E-state index contributed by atoms with van der Waals surface area (Å²) in [5.41, 5.74) is 11.3. The fraction of sp³-hybridized carbons (Fsp3) is 0.200. The number of carbonyl (C=O) groups excluding carboxylic acids is 2. The number of thioether (sulfide) groups is 2. The van der Waals surface area contributed by atoms with Crippen molar-refractivity contribution in [3.8, 4) is 0 Å². The van der Waals surface area contributed by atoms with E-state index in [1.165, 1.54) is 0 Å². The van der Waals surface area contributed by atoms with Crippen molar-refractivity contribution >= 4 is 47.3 Å². The number of benzene rings is 2. The summed E-state index contributed by atoms with van der Waals surface area (Å²) in [6.45, 7) is 0. The molecule has 0 bridgehead atoms. The predicted octanol–water partition coefficient (Wildman–Crippen LogP) is 1.26. The van der Waals surface area contributed by atoms with Gasteiger partial charge in [-0.3, -0.25) is 30.0 Å². The van der Waals surface area contributed by atoms with Crippen LogP contribution in [0.5, 0.6) is 0 Å². The second-order valence-electron chi connectivity index (χ2n) is 6.19. The molecule has 0 radical (unpaired) electrons. The Kier molecular flexibility index (Phi) is 10.5. The van der Waals surface area contributed by atoms with Gasteiger partial charge in [-0.05, 0) is 11.1 Å². The molecule has 0 aliphatic carbocycles. The number of carboxylic acids is 2. The Morgan fingerprint density at radius 3 is 1.31 bits per heavy atom. The van der Waals surface area contributed by atoms with E-state index in [4.69, 9.17) is 10.2 Å². The van der Waals surface area contributed by atoms with Crippen LogP contribution in [0.4, 0.5) is 0 Å². The second kappa shape index (κ2) is 13.4. The molecule has 2 aromatic rings. The normalized spacial score (nSPS) is 12.4. The molecule has 0 saturated carbocycles. The minimum atomic E-state index is -1.02. The van der Waals surface area contributed by atoms with Crippen LogP contribution < -0.4 is 21.7 Å². The average Bonchev–Trinajstić information content (AvgIpc) is 2.79. The molecule has 0 aliphatic heterocycles. The molecule has 0 spiro atoms. The number of aliphatic carboxylic acids is 2. The van der Waals surface area contributed by atoms with Gasteiger partial charge in [0, 0.05) is 0 Å². The summed E-state index contributed by atoms with van der Waals surface area (Å²) in [6.07, 6.45) is 0. The van der Waals surface area contributed by atoms with Gasteiger partial charge in [0.1, 0.15) is 0 Å². The molecule has 12 heteroatoms. The fourth-order valence-electron chi connectivity index (χ4n) is 2.38. The van der Waals surface area contributed by atoms with Crippen molar-refractivity contribution in [2.75, 3.05) is 11.5 Å². The average molecular weight is 479 g/mol. The van der Waals surface area contributed by atoms with Gasteiger partial charge in [-0.25, -0.2) is 10.9 Å². The molecule has 0 aliphatic rings. The first-order valence-corrected chi connectivity index (χ1v) is 11.3. The van der Waals surface area contributed by atoms with E-state index in [1.54, 1.807) is 60.7 Å². The van der Waals surface area contributed by atoms with Crippen molar-refractivity contribution in [3.63, 3.8) is 0 Å². The zero-order valence-electron chi connectivity index (χ0n) is 16.7. The van der Waals surface area contributed by atoms with E-state index in [9.17, 15) is 19.2 Å². The van der Waals surface area contributed by atoms with Gasteiger partial charge in [0.05, 0.1) is 22.3 Å². The van der Waals surface area contributed by atoms with Crippen LogP contribution in [0.2, 0.25) is 0 Å². The molecular weight excluding hydrogens is 456 g/mol. The minimum absolute atomic E-state index is 0.213. The van der Waals surface area contributed by atoms with Gasteiger partial charge in [0.25, 0.3) is 0 Å². The van der Waals surface area contributed by atoms with Crippen molar-refractivity contribution in [3.05, 3.63) is 71.8 Å². The van der Waals surface area contributed by atoms with Crippen molar-refractivity contribution in [1.29, 1.82) is 0 Å². The molecule has 0 saturated heterocycles. The van der Waals surface area contributed by atoms with Crippen LogP contribution in [0.25, 0.3) is 0 Å². The van der Waals surface area contributed by atoms with E-state index in [-0.39, 0.29) is 11.5 Å². The van der Waals surface area contributed by atoms with Gasteiger partial charge >= 0.3 is 23.8 Å². The summed E-state index contributed by atoms with van der Waals surface area (Å²) in [5.74, 6) is -4.48. The molecule has 32 heavy (non-hydrogen) atoms. The van der Waals surface area contributed by atoms with Gasteiger partial charge in [-0.15, -0.1) is 23.5 Å². The highest BCUT2D eigenvalue weighted by Crippen LogP contribution is 2.26. The monoisotopic (exact) mass is 478 g/mol. The maximum Gasteiger partial charge on any atom is 0.324 e. The summed E-state index contributed by atoms with van der Waals surface area (Å²) in [6, 6.07) is 17.7. The van der Waals surface area contributed by atoms with Crippen molar-refractivity contribution in [2.45, 2.75) is 10.7 Å². The molecule has 2 atom stereocenters. The first kappa shape index (κ1) is 25.2. The molecular formula is C20H22N4O6S2. The molecule has 0 heterocycles. The Bertz CT molecular complexity index is 841. The highest BCUT2D eigenvalue weighted by Gasteiger charge is 2.20. The largest absolute Gasteiger partial charge is 0.481 e. The van der Waals surface area contributed by atoms with E-state index in [0.29, 0.717) is 11.1 Å². The van der Waals surface area contributed by atoms with Crippen LogP contribution in [0.3, 0.4) is 0 Å². The van der Waals surface area contributed by atoms with Crippen LogP contribution in [-0.4, -0.2) is 45.5 Å². The molecule has 0 fully saturated rings. The summed E-state index contributed by atoms with van der Waals surface area (Å²) >= 11 is 2.06. The lowest BCUT2D eigenvalue weighted by molar-refractivity contribution is -0.140. The van der Waals surface area contributed by atoms with Gasteiger partial charge in [-0.2, -0.15) is 0 Å². The third-order valence-electron chi connectivity index (χ3n) is 3.79. The minimum Gasteiger partial charge on any atom is -0.481 e. The van der Waals surface area contributed by atoms with Crippen LogP contribution in [-0.2, 0) is 19.2 Å². The lowest BCUT2D eigenvalue weighted by Crippen LogP contribution is -2.51. The third kappa shape index (κ3) is 8.98. The standard InChI is InChI=1S/C20H22N4O6S2/c25-15(26)11-31-19(13-7-3-1-4-8-13)23-21-17(29)18(30)22-24-20(32-12-16(27)28)14-9-5-2-6-10-14/h1-10,19-20,23-24H,11-12H2,(H,21,29)(H,22,30)(H,25,26)(H,27,28)/t19-,20-/m1/s1. The smallest absolute Gasteiger partial charge is 0.324 e. The number of hydrazine groups is 2. The maximum absolute atomic E-state index is 12.2. The topological polar surface area (TPSA) is 157 Å². The third-order valence-corrected chi connectivity index (χ3v) is 6.07. The Morgan fingerprint density at radius 1 is 0.656 bits per heavy atom. The van der Waals surface area contributed by atoms with Crippen LogP contribution >= 0.6 is 23.5 Å². The first-order chi connectivity index (χ1) is 15.4. The molecule has 170 valence electrons. The van der Waals surface area contributed by atoms with Crippen molar-refractivity contribution in [1.82, 2.24) is 21.7 Å². The highest BCUT2D eigenvalue weighted by molar-refractivity contribution is 8.00. The van der Waals surface area contributed by atoms with Crippen LogP contribution in [0.15, 0.2) is 60.7 Å². The second-order valence-corrected chi connectivity index (χ2v) is 8.37. The number of hydrogen-bond acceptors (Lipinski definition) is 8. The van der Waals surface area contributed by atoms with Crippen LogP contribution in [0.1, 0.15) is 21.9 Å². The van der Waals surface area contributed by atoms with E-state index in [0.717, 1.165) is 23.5 Å². The SMILES string of the molecule is O=C(O)CS[C@@H](NNC(=O)C(=O)NN[C@H](SCC(=O)O)c1ccccc1)c1ccccc1. The zero-order valence-corrected chi connectivity index (χ0v) is 18.3. The summed E-state index contributed by atoms with van der Waals surface area (Å²) in [5, 5.41) is 16.6. The first-order valence-electron chi connectivity index (χ1n) is 9.25. The van der Waals surface area contributed by atoms with Crippen LogP contribution in [0, 0.1) is 0 Å². The zero-order chi connectivity index (χ0) is 23.3. The number of nitrogens with one attached hydrogen (secondary N) is 4. The van der Waals surface area contributed by atoms with Gasteiger partial charge in [0.2, 0.25) is 0 Å². The molecule has 0 unspecified atom stereocenters. The lowest BCUT2D eigenvalue weighted by Gasteiger charge is -2.20. The van der Waals surface area contributed by atoms with Gasteiger partial charge in [-0.1, -0.05) is 60.7 Å². The molecule has 2 rings (SSSR count). The maximum atomic E-state index is 12.2. The Balaban J connectivity index is 1.92. The number of carbonyl (C=O) groups is 4. The number of carboxylic acid groups (broad SMARTS) is 2. The van der Waals surface area contributed by atoms with E-state index in [1.807, 2.05) is 0 Å². The Hall–Kier alpha value is -3.06. The summed E-state index contributed by atoms with van der Waals surface area (Å²) in [7, 11) is 0. The number of amides is 2. The lowest BCUT2D eigenvalue weighted by atomic mass is 10.2. The van der Waals surface area contributed by atoms with Gasteiger partial charge < -0.3 is 10.2 Å². The molecule has 2 aromatic carbocycles. The molecule has 2 amide bonds.